The lowest BCUT2D eigenvalue weighted by Gasteiger charge is -2.10. The van der Waals surface area contributed by atoms with Crippen LogP contribution in [0.15, 0.2) is 12.1 Å². The van der Waals surface area contributed by atoms with Crippen LogP contribution in [0.5, 0.6) is 0 Å². The first-order valence-electron chi connectivity index (χ1n) is 6.60. The van der Waals surface area contributed by atoms with Crippen LogP contribution in [0, 0.1) is 13.8 Å². The van der Waals surface area contributed by atoms with Gasteiger partial charge in [-0.25, -0.2) is 8.42 Å². The summed E-state index contributed by atoms with van der Waals surface area (Å²) in [7, 11) is -3.27. The van der Waals surface area contributed by atoms with Crippen LogP contribution in [0.1, 0.15) is 31.2 Å². The lowest BCUT2D eigenvalue weighted by Crippen LogP contribution is -2.19. The van der Waals surface area contributed by atoms with Gasteiger partial charge in [0.15, 0.2) is 0 Å². The Kier molecular flexibility index (Phi) is 6.24. The van der Waals surface area contributed by atoms with Crippen molar-refractivity contribution < 1.29 is 8.42 Å². The lowest BCUT2D eigenvalue weighted by atomic mass is 10.3. The van der Waals surface area contributed by atoms with Gasteiger partial charge in [0, 0.05) is 5.69 Å². The van der Waals surface area contributed by atoms with Gasteiger partial charge in [-0.05, 0) is 51.9 Å². The quantitative estimate of drug-likeness (QED) is 0.715. The first kappa shape index (κ1) is 15.9. The topological polar surface area (TPSA) is 71.1 Å². The van der Waals surface area contributed by atoms with Crippen LogP contribution < -0.4 is 10.0 Å². The Morgan fingerprint density at radius 2 is 1.95 bits per heavy atom. The second kappa shape index (κ2) is 7.45. The van der Waals surface area contributed by atoms with E-state index >= 15 is 0 Å². The van der Waals surface area contributed by atoms with Gasteiger partial charge >= 0.3 is 0 Å². The fraction of sp³-hybridized carbons (Fsp3) is 0.615. The second-order valence-corrected chi connectivity index (χ2v) is 6.41. The van der Waals surface area contributed by atoms with Crippen LogP contribution >= 0.6 is 0 Å². The summed E-state index contributed by atoms with van der Waals surface area (Å²) in [6.07, 6.45) is 1.51. The number of nitrogens with zero attached hydrogens (tertiary/aromatic N) is 1. The second-order valence-electron chi connectivity index (χ2n) is 4.57. The Bertz CT molecular complexity index is 501. The van der Waals surface area contributed by atoms with Crippen molar-refractivity contribution in [2.75, 3.05) is 23.6 Å². The van der Waals surface area contributed by atoms with Gasteiger partial charge in [0.25, 0.3) is 0 Å². The van der Waals surface area contributed by atoms with E-state index in [1.807, 2.05) is 13.8 Å². The predicted octanol–water partition coefficient (Wildman–Crippen LogP) is 1.83. The van der Waals surface area contributed by atoms with Crippen molar-refractivity contribution in [2.45, 2.75) is 33.6 Å². The Labute approximate surface area is 115 Å². The lowest BCUT2D eigenvalue weighted by molar-refractivity contribution is 0.593. The maximum Gasteiger partial charge on any atom is 0.232 e. The van der Waals surface area contributed by atoms with Gasteiger partial charge in [-0.2, -0.15) is 0 Å². The largest absolute Gasteiger partial charge is 0.317 e. The minimum Gasteiger partial charge on any atom is -0.317 e. The molecule has 0 saturated carbocycles. The number of sulfonamides is 1. The molecular formula is C13H23N3O2S. The van der Waals surface area contributed by atoms with E-state index in [4.69, 9.17) is 0 Å². The first-order chi connectivity index (χ1) is 8.94. The molecule has 1 aromatic heterocycles. The van der Waals surface area contributed by atoms with Gasteiger partial charge in [-0.1, -0.05) is 6.92 Å². The molecule has 0 aliphatic rings. The average Bonchev–Trinajstić information content (AvgIpc) is 2.32. The van der Waals surface area contributed by atoms with Crippen molar-refractivity contribution in [3.63, 3.8) is 0 Å². The summed E-state index contributed by atoms with van der Waals surface area (Å²) in [4.78, 5) is 4.24. The molecule has 0 aliphatic carbocycles. The number of aryl methyl sites for hydroxylation is 2. The average molecular weight is 285 g/mol. The molecule has 0 radical (unpaired) electrons. The fourth-order valence-corrected chi connectivity index (χ4v) is 2.97. The van der Waals surface area contributed by atoms with Gasteiger partial charge in [-0.3, -0.25) is 9.71 Å². The smallest absolute Gasteiger partial charge is 0.232 e. The molecule has 0 fully saturated rings. The molecule has 0 saturated heterocycles. The molecule has 0 aromatic carbocycles. The highest BCUT2D eigenvalue weighted by molar-refractivity contribution is 7.92. The van der Waals surface area contributed by atoms with Gasteiger partial charge in [0.2, 0.25) is 10.0 Å². The Hall–Kier alpha value is -1.14. The molecule has 0 bridgehead atoms. The van der Waals surface area contributed by atoms with Crippen LogP contribution in [-0.2, 0) is 10.0 Å². The maximum atomic E-state index is 11.9. The van der Waals surface area contributed by atoms with Crippen molar-refractivity contribution in [3.8, 4) is 0 Å². The molecule has 0 amide bonds. The summed E-state index contributed by atoms with van der Waals surface area (Å²) in [5, 5.41) is 3.17. The van der Waals surface area contributed by atoms with Crippen molar-refractivity contribution in [3.05, 3.63) is 23.5 Å². The van der Waals surface area contributed by atoms with E-state index in [9.17, 15) is 8.42 Å². The number of unbranched alkanes of at least 4 members (excludes halogenated alkanes) is 1. The van der Waals surface area contributed by atoms with Gasteiger partial charge in [0.1, 0.15) is 0 Å². The molecule has 0 spiro atoms. The molecule has 0 atom stereocenters. The Balaban J connectivity index is 2.50. The van der Waals surface area contributed by atoms with E-state index in [-0.39, 0.29) is 5.75 Å². The van der Waals surface area contributed by atoms with Crippen LogP contribution in [0.2, 0.25) is 0 Å². The van der Waals surface area contributed by atoms with Crippen molar-refractivity contribution >= 4 is 15.7 Å². The normalized spacial score (nSPS) is 11.5. The van der Waals surface area contributed by atoms with Crippen LogP contribution in [-0.4, -0.2) is 32.2 Å². The minimum atomic E-state index is -3.27. The molecule has 2 N–H and O–H groups in total. The summed E-state index contributed by atoms with van der Waals surface area (Å²) in [5.41, 5.74) is 2.15. The minimum absolute atomic E-state index is 0.145. The van der Waals surface area contributed by atoms with E-state index in [1.54, 1.807) is 19.1 Å². The highest BCUT2D eigenvalue weighted by Crippen LogP contribution is 2.14. The van der Waals surface area contributed by atoms with Gasteiger partial charge < -0.3 is 5.32 Å². The monoisotopic (exact) mass is 285 g/mol. The third-order valence-corrected chi connectivity index (χ3v) is 4.11. The fourth-order valence-electron chi connectivity index (χ4n) is 1.73. The molecule has 0 unspecified atom stereocenters. The summed E-state index contributed by atoms with van der Waals surface area (Å²) >= 11 is 0. The molecule has 19 heavy (non-hydrogen) atoms. The molecule has 1 aromatic rings. The molecule has 6 heteroatoms. The van der Waals surface area contributed by atoms with Gasteiger partial charge in [-0.15, -0.1) is 0 Å². The van der Waals surface area contributed by atoms with E-state index in [2.05, 4.69) is 15.0 Å². The molecule has 108 valence electrons. The SMILES string of the molecule is CCNCCCCS(=O)(=O)Nc1ccc(C)nc1C. The van der Waals surface area contributed by atoms with Crippen molar-refractivity contribution in [1.29, 1.82) is 0 Å². The summed E-state index contributed by atoms with van der Waals surface area (Å²) in [6.45, 7) is 7.49. The third kappa shape index (κ3) is 6.02. The molecule has 1 heterocycles. The van der Waals surface area contributed by atoms with E-state index in [0.29, 0.717) is 17.8 Å². The first-order valence-corrected chi connectivity index (χ1v) is 8.25. The number of aromatic nitrogens is 1. The van der Waals surface area contributed by atoms with E-state index in [1.165, 1.54) is 0 Å². The summed E-state index contributed by atoms with van der Waals surface area (Å²) in [5.74, 6) is 0.145. The predicted molar refractivity (Wildman–Crippen MR) is 78.9 cm³/mol. The van der Waals surface area contributed by atoms with Crippen LogP contribution in [0.4, 0.5) is 5.69 Å². The van der Waals surface area contributed by atoms with Crippen molar-refractivity contribution in [1.82, 2.24) is 10.3 Å². The standard InChI is InChI=1S/C13H23N3O2S/c1-4-14-9-5-6-10-19(17,18)16-13-8-7-11(2)15-12(13)3/h7-8,14,16H,4-6,9-10H2,1-3H3. The number of pyridine rings is 1. The Morgan fingerprint density at radius 3 is 2.58 bits per heavy atom. The number of anilines is 1. The number of hydrogen-bond donors (Lipinski definition) is 2. The highest BCUT2D eigenvalue weighted by atomic mass is 32.2. The van der Waals surface area contributed by atoms with E-state index < -0.39 is 10.0 Å². The summed E-state index contributed by atoms with van der Waals surface area (Å²) < 4.78 is 26.4. The number of nitrogens with one attached hydrogen (secondary N) is 2. The zero-order chi connectivity index (χ0) is 14.3. The molecule has 0 aliphatic heterocycles. The van der Waals surface area contributed by atoms with Crippen LogP contribution in [0.25, 0.3) is 0 Å². The number of rotatable bonds is 8. The van der Waals surface area contributed by atoms with E-state index in [0.717, 1.165) is 25.2 Å². The zero-order valence-corrected chi connectivity index (χ0v) is 12.7. The zero-order valence-electron chi connectivity index (χ0n) is 11.9. The maximum absolute atomic E-state index is 11.9. The Morgan fingerprint density at radius 1 is 1.21 bits per heavy atom. The van der Waals surface area contributed by atoms with Gasteiger partial charge in [0.05, 0.1) is 17.1 Å². The molecule has 5 nitrogen and oxygen atoms in total. The molecule has 1 rings (SSSR count). The van der Waals surface area contributed by atoms with Crippen LogP contribution in [0.3, 0.4) is 0 Å². The third-order valence-electron chi connectivity index (χ3n) is 2.76. The van der Waals surface area contributed by atoms with Crippen molar-refractivity contribution in [2.24, 2.45) is 0 Å². The highest BCUT2D eigenvalue weighted by Gasteiger charge is 2.11. The summed E-state index contributed by atoms with van der Waals surface area (Å²) in [6, 6.07) is 3.56. The number of hydrogen-bond acceptors (Lipinski definition) is 4. The molecular weight excluding hydrogens is 262 g/mol.